The molecule has 1 saturated carbocycles. The Hall–Kier alpha value is -1.10. The van der Waals surface area contributed by atoms with E-state index in [2.05, 4.69) is 5.32 Å². The van der Waals surface area contributed by atoms with Crippen molar-refractivity contribution in [1.29, 1.82) is 0 Å². The number of nitrogens with one attached hydrogen (secondary N) is 1. The third-order valence-corrected chi connectivity index (χ3v) is 2.57. The van der Waals surface area contributed by atoms with Crippen LogP contribution in [0, 0.1) is 5.92 Å². The molecule has 14 heavy (non-hydrogen) atoms. The van der Waals surface area contributed by atoms with Crippen molar-refractivity contribution in [3.05, 3.63) is 0 Å². The van der Waals surface area contributed by atoms with E-state index >= 15 is 0 Å². The van der Waals surface area contributed by atoms with E-state index in [0.717, 1.165) is 12.8 Å². The molecule has 0 spiro atoms. The van der Waals surface area contributed by atoms with Crippen LogP contribution in [-0.4, -0.2) is 29.1 Å². The van der Waals surface area contributed by atoms with Gasteiger partial charge in [0, 0.05) is 6.04 Å². The maximum atomic E-state index is 11.2. The maximum Gasteiger partial charge on any atom is 0.308 e. The first-order valence-electron chi connectivity index (χ1n) is 4.81. The molecular formula is C9H16N2O3. The highest BCUT2D eigenvalue weighted by molar-refractivity contribution is 5.82. The first-order valence-corrected chi connectivity index (χ1v) is 4.81. The predicted octanol–water partition coefficient (Wildman–Crippen LogP) is -0.297. The van der Waals surface area contributed by atoms with E-state index in [4.69, 9.17) is 10.8 Å². The molecule has 0 bridgehead atoms. The van der Waals surface area contributed by atoms with Crippen LogP contribution in [0.25, 0.3) is 0 Å². The molecule has 0 aromatic heterocycles. The molecule has 80 valence electrons. The number of nitrogens with two attached hydrogens (primary N) is 1. The smallest absolute Gasteiger partial charge is 0.308 e. The van der Waals surface area contributed by atoms with Crippen molar-refractivity contribution < 1.29 is 14.7 Å². The van der Waals surface area contributed by atoms with Crippen molar-refractivity contribution in [2.75, 3.05) is 0 Å². The van der Waals surface area contributed by atoms with E-state index in [1.807, 2.05) is 0 Å². The average Bonchev–Trinajstić information content (AvgIpc) is 2.52. The molecule has 0 aliphatic heterocycles. The van der Waals surface area contributed by atoms with Gasteiger partial charge in [0.2, 0.25) is 5.91 Å². The molecule has 5 nitrogen and oxygen atoms in total. The quantitative estimate of drug-likeness (QED) is 0.583. The number of carbonyl (C=O) groups excluding carboxylic acids is 1. The van der Waals surface area contributed by atoms with E-state index in [0.29, 0.717) is 6.42 Å². The van der Waals surface area contributed by atoms with E-state index in [1.54, 1.807) is 6.92 Å². The monoisotopic (exact) mass is 200 g/mol. The van der Waals surface area contributed by atoms with Crippen LogP contribution in [0.3, 0.4) is 0 Å². The summed E-state index contributed by atoms with van der Waals surface area (Å²) in [7, 11) is 0. The lowest BCUT2D eigenvalue weighted by Gasteiger charge is -2.18. The van der Waals surface area contributed by atoms with Crippen LogP contribution in [0.4, 0.5) is 0 Å². The largest absolute Gasteiger partial charge is 0.481 e. The SMILES string of the molecule is C[C@H](N)C(=O)NC1CCCC1C(=O)O. The van der Waals surface area contributed by atoms with Gasteiger partial charge >= 0.3 is 5.97 Å². The number of amides is 1. The fourth-order valence-electron chi connectivity index (χ4n) is 1.74. The standard InChI is InChI=1S/C9H16N2O3/c1-5(10)8(12)11-7-4-2-3-6(7)9(13)14/h5-7H,2-4,10H2,1H3,(H,11,12)(H,13,14)/t5-,6?,7?/m0/s1. The summed E-state index contributed by atoms with van der Waals surface area (Å²) in [5.41, 5.74) is 5.38. The van der Waals surface area contributed by atoms with Crippen molar-refractivity contribution in [3.8, 4) is 0 Å². The third-order valence-electron chi connectivity index (χ3n) is 2.57. The number of hydrogen-bond acceptors (Lipinski definition) is 3. The molecular weight excluding hydrogens is 184 g/mol. The zero-order valence-corrected chi connectivity index (χ0v) is 8.19. The van der Waals surface area contributed by atoms with Gasteiger partial charge in [0.15, 0.2) is 0 Å². The second kappa shape index (κ2) is 4.41. The van der Waals surface area contributed by atoms with Gasteiger partial charge in [-0.3, -0.25) is 9.59 Å². The normalized spacial score (nSPS) is 28.4. The fourth-order valence-corrected chi connectivity index (χ4v) is 1.74. The van der Waals surface area contributed by atoms with Crippen molar-refractivity contribution in [2.24, 2.45) is 11.7 Å². The Morgan fingerprint density at radius 3 is 2.64 bits per heavy atom. The molecule has 4 N–H and O–H groups in total. The van der Waals surface area contributed by atoms with Gasteiger partial charge in [0.1, 0.15) is 0 Å². The molecule has 0 heterocycles. The highest BCUT2D eigenvalue weighted by atomic mass is 16.4. The summed E-state index contributed by atoms with van der Waals surface area (Å²) in [6, 6.07) is -0.823. The fraction of sp³-hybridized carbons (Fsp3) is 0.778. The summed E-state index contributed by atoms with van der Waals surface area (Å²) in [6.07, 6.45) is 2.22. The molecule has 2 unspecified atom stereocenters. The van der Waals surface area contributed by atoms with Gasteiger partial charge < -0.3 is 16.2 Å². The molecule has 1 amide bonds. The molecule has 5 heteroatoms. The molecule has 3 atom stereocenters. The maximum absolute atomic E-state index is 11.2. The minimum absolute atomic E-state index is 0.244. The summed E-state index contributed by atoms with van der Waals surface area (Å²) >= 11 is 0. The molecule has 0 radical (unpaired) electrons. The van der Waals surface area contributed by atoms with E-state index in [1.165, 1.54) is 0 Å². The van der Waals surface area contributed by atoms with Crippen LogP contribution in [0.2, 0.25) is 0 Å². The van der Waals surface area contributed by atoms with Crippen molar-refractivity contribution >= 4 is 11.9 Å². The Morgan fingerprint density at radius 2 is 2.14 bits per heavy atom. The molecule has 1 aliphatic carbocycles. The van der Waals surface area contributed by atoms with Crippen LogP contribution >= 0.6 is 0 Å². The number of carbonyl (C=O) groups is 2. The second-order valence-electron chi connectivity index (χ2n) is 3.78. The Bertz CT molecular complexity index is 240. The average molecular weight is 200 g/mol. The van der Waals surface area contributed by atoms with Gasteiger partial charge in [-0.2, -0.15) is 0 Å². The van der Waals surface area contributed by atoms with E-state index < -0.39 is 17.9 Å². The molecule has 0 saturated heterocycles. The van der Waals surface area contributed by atoms with Crippen LogP contribution in [0.15, 0.2) is 0 Å². The molecule has 0 aromatic rings. The minimum atomic E-state index is -0.836. The number of carboxylic acids is 1. The molecule has 1 aliphatic rings. The highest BCUT2D eigenvalue weighted by Crippen LogP contribution is 2.25. The van der Waals surface area contributed by atoms with Crippen LogP contribution < -0.4 is 11.1 Å². The summed E-state index contributed by atoms with van der Waals surface area (Å²) in [5, 5.41) is 11.5. The highest BCUT2D eigenvalue weighted by Gasteiger charge is 2.34. The summed E-state index contributed by atoms with van der Waals surface area (Å²) in [4.78, 5) is 22.0. The Labute approximate surface area is 82.7 Å². The summed E-state index contributed by atoms with van der Waals surface area (Å²) in [5.74, 6) is -1.56. The topological polar surface area (TPSA) is 92.4 Å². The summed E-state index contributed by atoms with van der Waals surface area (Å²) < 4.78 is 0. The van der Waals surface area contributed by atoms with Gasteiger partial charge in [-0.15, -0.1) is 0 Å². The lowest BCUT2D eigenvalue weighted by atomic mass is 10.0. The van der Waals surface area contributed by atoms with Crippen molar-refractivity contribution in [1.82, 2.24) is 5.32 Å². The number of aliphatic carboxylic acids is 1. The Kier molecular flexibility index (Phi) is 3.46. The van der Waals surface area contributed by atoms with Crippen LogP contribution in [-0.2, 0) is 9.59 Å². The number of rotatable bonds is 3. The lowest BCUT2D eigenvalue weighted by Crippen LogP contribution is -2.46. The number of carboxylic acid groups (broad SMARTS) is 1. The van der Waals surface area contributed by atoms with E-state index in [-0.39, 0.29) is 11.9 Å². The Morgan fingerprint density at radius 1 is 1.50 bits per heavy atom. The molecule has 0 aromatic carbocycles. The van der Waals surface area contributed by atoms with Crippen molar-refractivity contribution in [3.63, 3.8) is 0 Å². The van der Waals surface area contributed by atoms with Crippen molar-refractivity contribution in [2.45, 2.75) is 38.3 Å². The Balaban J connectivity index is 2.51. The van der Waals surface area contributed by atoms with Crippen LogP contribution in [0.5, 0.6) is 0 Å². The zero-order valence-electron chi connectivity index (χ0n) is 8.19. The van der Waals surface area contributed by atoms with Crippen LogP contribution in [0.1, 0.15) is 26.2 Å². The van der Waals surface area contributed by atoms with Gasteiger partial charge in [0.25, 0.3) is 0 Å². The van der Waals surface area contributed by atoms with Gasteiger partial charge in [-0.05, 0) is 19.8 Å². The van der Waals surface area contributed by atoms with Gasteiger partial charge in [-0.1, -0.05) is 6.42 Å². The minimum Gasteiger partial charge on any atom is -0.481 e. The van der Waals surface area contributed by atoms with E-state index in [9.17, 15) is 9.59 Å². The molecule has 1 rings (SSSR count). The second-order valence-corrected chi connectivity index (χ2v) is 3.78. The third kappa shape index (κ3) is 2.45. The summed E-state index contributed by atoms with van der Waals surface area (Å²) in [6.45, 7) is 1.58. The molecule has 1 fully saturated rings. The van der Waals surface area contributed by atoms with Gasteiger partial charge in [0.05, 0.1) is 12.0 Å². The first-order chi connectivity index (χ1) is 6.52. The first kappa shape index (κ1) is 11.0. The van der Waals surface area contributed by atoms with Gasteiger partial charge in [-0.25, -0.2) is 0 Å². The predicted molar refractivity (Wildman–Crippen MR) is 50.6 cm³/mol. The lowest BCUT2D eigenvalue weighted by molar-refractivity contribution is -0.142. The zero-order chi connectivity index (χ0) is 10.7. The number of hydrogen-bond donors (Lipinski definition) is 3.